The number of methoxy groups -OCH3 is 1. The van der Waals surface area contributed by atoms with E-state index in [4.69, 9.17) is 22.2 Å². The Hall–Kier alpha value is -1.56. The summed E-state index contributed by atoms with van der Waals surface area (Å²) < 4.78 is 5.24. The number of rotatable bonds is 5. The van der Waals surface area contributed by atoms with Gasteiger partial charge in [0.25, 0.3) is 0 Å². The van der Waals surface area contributed by atoms with Crippen LogP contribution >= 0.6 is 11.6 Å². The highest BCUT2D eigenvalue weighted by molar-refractivity contribution is 6.30. The molecular formula is C16H23ClN4O. The summed E-state index contributed by atoms with van der Waals surface area (Å²) in [6, 6.07) is 7.58. The lowest BCUT2D eigenvalue weighted by Gasteiger charge is -2.33. The number of halogens is 1. The topological polar surface area (TPSA) is 62.9 Å². The van der Waals surface area contributed by atoms with Gasteiger partial charge < -0.3 is 15.9 Å². The normalized spacial score (nSPS) is 16.5. The number of benzene rings is 1. The molecule has 22 heavy (non-hydrogen) atoms. The smallest absolute Gasteiger partial charge is 0.136 e. The van der Waals surface area contributed by atoms with Crippen molar-refractivity contribution in [1.82, 2.24) is 5.32 Å². The van der Waals surface area contributed by atoms with Gasteiger partial charge in [-0.15, -0.1) is 0 Å². The Kier molecular flexibility index (Phi) is 6.24. The lowest BCUT2D eigenvalue weighted by Crippen LogP contribution is -2.42. The van der Waals surface area contributed by atoms with Crippen LogP contribution in [0.3, 0.4) is 0 Å². The number of nitrogens with two attached hydrogens (primary N) is 1. The number of nitrogens with one attached hydrogen (secondary N) is 1. The van der Waals surface area contributed by atoms with Gasteiger partial charge in [0.05, 0.1) is 6.61 Å². The van der Waals surface area contributed by atoms with Crippen molar-refractivity contribution in [1.29, 1.82) is 0 Å². The van der Waals surface area contributed by atoms with E-state index in [2.05, 4.69) is 17.0 Å². The molecule has 0 saturated carbocycles. The molecule has 1 aromatic carbocycles. The Morgan fingerprint density at radius 3 is 2.59 bits per heavy atom. The first kappa shape index (κ1) is 16.8. The first-order valence-electron chi connectivity index (χ1n) is 7.38. The molecule has 0 spiro atoms. The fraction of sp³-hybridized carbons (Fsp3) is 0.438. The molecule has 1 heterocycles. The first-order chi connectivity index (χ1) is 10.7. The van der Waals surface area contributed by atoms with Crippen molar-refractivity contribution in [3.8, 4) is 0 Å². The third kappa shape index (κ3) is 4.00. The van der Waals surface area contributed by atoms with Gasteiger partial charge in [0, 0.05) is 29.4 Å². The lowest BCUT2D eigenvalue weighted by atomic mass is 9.95. The van der Waals surface area contributed by atoms with Gasteiger partial charge in [-0.3, -0.25) is 4.90 Å². The molecular weight excluding hydrogens is 300 g/mol. The second-order valence-corrected chi connectivity index (χ2v) is 5.76. The summed E-state index contributed by atoms with van der Waals surface area (Å²) in [5.74, 6) is 6.85. The third-order valence-corrected chi connectivity index (χ3v) is 4.03. The van der Waals surface area contributed by atoms with Gasteiger partial charge in [-0.05, 0) is 50.2 Å². The summed E-state index contributed by atoms with van der Waals surface area (Å²) in [5, 5.41) is 8.12. The lowest BCUT2D eigenvalue weighted by molar-refractivity contribution is 0.225. The van der Waals surface area contributed by atoms with Gasteiger partial charge in [0.2, 0.25) is 0 Å². The summed E-state index contributed by atoms with van der Waals surface area (Å²) in [7, 11) is 1.65. The molecule has 0 bridgehead atoms. The summed E-state index contributed by atoms with van der Waals surface area (Å²) in [5.41, 5.74) is 1.74. The standard InChI is InChI=1S/C16H23ClN4O/c1-12(11-22-2)21(15-5-3-14(17)4-6-15)16(20-18)13-7-9-19-10-8-13/h3-6,13,19H,1,7-11,18H2,2H3/b20-16-. The Bertz CT molecular complexity index is 523. The predicted octanol–water partition coefficient (Wildman–Crippen LogP) is 2.58. The molecule has 6 heteroatoms. The molecule has 0 aliphatic carbocycles. The van der Waals surface area contributed by atoms with E-state index in [1.54, 1.807) is 7.11 Å². The number of hydrazone groups is 1. The van der Waals surface area contributed by atoms with Crippen molar-refractivity contribution in [3.05, 3.63) is 41.6 Å². The van der Waals surface area contributed by atoms with Gasteiger partial charge in [-0.1, -0.05) is 18.2 Å². The molecule has 1 fully saturated rings. The quantitative estimate of drug-likeness (QED) is 0.378. The van der Waals surface area contributed by atoms with Crippen LogP contribution in [0, 0.1) is 5.92 Å². The number of amidine groups is 1. The van der Waals surface area contributed by atoms with Crippen molar-refractivity contribution in [2.24, 2.45) is 16.9 Å². The van der Waals surface area contributed by atoms with Gasteiger partial charge in [-0.25, -0.2) is 0 Å². The zero-order chi connectivity index (χ0) is 15.9. The average molecular weight is 323 g/mol. The second-order valence-electron chi connectivity index (χ2n) is 5.32. The highest BCUT2D eigenvalue weighted by atomic mass is 35.5. The molecule has 0 amide bonds. The molecule has 5 nitrogen and oxygen atoms in total. The first-order valence-corrected chi connectivity index (χ1v) is 7.76. The van der Waals surface area contributed by atoms with Crippen molar-refractivity contribution in [2.45, 2.75) is 12.8 Å². The van der Waals surface area contributed by atoms with E-state index in [9.17, 15) is 0 Å². The van der Waals surface area contributed by atoms with E-state index < -0.39 is 0 Å². The van der Waals surface area contributed by atoms with Gasteiger partial charge >= 0.3 is 0 Å². The fourth-order valence-electron chi connectivity index (χ4n) is 2.72. The Labute approximate surface area is 136 Å². The molecule has 120 valence electrons. The van der Waals surface area contributed by atoms with Crippen LogP contribution in [0.15, 0.2) is 41.6 Å². The zero-order valence-electron chi connectivity index (χ0n) is 12.9. The highest BCUT2D eigenvalue weighted by Gasteiger charge is 2.26. The van der Waals surface area contributed by atoms with Gasteiger partial charge in [0.15, 0.2) is 0 Å². The summed E-state index contributed by atoms with van der Waals surface area (Å²) in [6.45, 7) is 6.47. The van der Waals surface area contributed by atoms with E-state index in [1.807, 2.05) is 29.2 Å². The zero-order valence-corrected chi connectivity index (χ0v) is 13.6. The third-order valence-electron chi connectivity index (χ3n) is 3.78. The molecule has 0 radical (unpaired) electrons. The molecule has 2 rings (SSSR count). The molecule has 3 N–H and O–H groups in total. The van der Waals surface area contributed by atoms with Crippen LogP contribution in [-0.4, -0.2) is 32.6 Å². The monoisotopic (exact) mass is 322 g/mol. The maximum atomic E-state index is 5.99. The van der Waals surface area contributed by atoms with Crippen LogP contribution in [0.25, 0.3) is 0 Å². The SMILES string of the molecule is C=C(COC)N(/C(=N\N)C1CCNCC1)c1ccc(Cl)cc1. The molecule has 0 unspecified atom stereocenters. The summed E-state index contributed by atoms with van der Waals surface area (Å²) >= 11 is 5.99. The van der Waals surface area contributed by atoms with E-state index in [0.29, 0.717) is 17.5 Å². The minimum absolute atomic E-state index is 0.301. The van der Waals surface area contributed by atoms with E-state index in [-0.39, 0.29) is 0 Å². The van der Waals surface area contributed by atoms with Crippen molar-refractivity contribution in [3.63, 3.8) is 0 Å². The van der Waals surface area contributed by atoms with Crippen LogP contribution < -0.4 is 16.1 Å². The van der Waals surface area contributed by atoms with Crippen LogP contribution in [-0.2, 0) is 4.74 Å². The van der Waals surface area contributed by atoms with Gasteiger partial charge in [-0.2, -0.15) is 5.10 Å². The highest BCUT2D eigenvalue weighted by Crippen LogP contribution is 2.26. The largest absolute Gasteiger partial charge is 0.378 e. The summed E-state index contributed by atoms with van der Waals surface area (Å²) in [4.78, 5) is 1.98. The fourth-order valence-corrected chi connectivity index (χ4v) is 2.85. The van der Waals surface area contributed by atoms with E-state index in [0.717, 1.165) is 43.2 Å². The molecule has 0 aromatic heterocycles. The molecule has 0 atom stereocenters. The number of piperidine rings is 1. The number of hydrogen-bond acceptors (Lipinski definition) is 4. The Morgan fingerprint density at radius 1 is 1.41 bits per heavy atom. The number of nitrogens with zero attached hydrogens (tertiary/aromatic N) is 2. The van der Waals surface area contributed by atoms with Crippen LogP contribution in [0.4, 0.5) is 5.69 Å². The minimum Gasteiger partial charge on any atom is -0.378 e. The van der Waals surface area contributed by atoms with Gasteiger partial charge in [0.1, 0.15) is 5.84 Å². The maximum absolute atomic E-state index is 5.99. The van der Waals surface area contributed by atoms with E-state index in [1.165, 1.54) is 0 Å². The minimum atomic E-state index is 0.301. The summed E-state index contributed by atoms with van der Waals surface area (Å²) in [6.07, 6.45) is 2.00. The predicted molar refractivity (Wildman–Crippen MR) is 92.2 cm³/mol. The number of hydrogen-bond donors (Lipinski definition) is 2. The molecule has 1 aliphatic heterocycles. The van der Waals surface area contributed by atoms with Crippen molar-refractivity contribution in [2.75, 3.05) is 31.7 Å². The van der Waals surface area contributed by atoms with E-state index >= 15 is 0 Å². The number of anilines is 1. The van der Waals surface area contributed by atoms with Crippen molar-refractivity contribution < 1.29 is 4.74 Å². The Morgan fingerprint density at radius 2 is 2.05 bits per heavy atom. The van der Waals surface area contributed by atoms with Crippen LogP contribution in [0.2, 0.25) is 5.02 Å². The molecule has 1 aliphatic rings. The average Bonchev–Trinajstić information content (AvgIpc) is 2.54. The second kappa shape index (κ2) is 8.17. The number of ether oxygens (including phenoxy) is 1. The molecule has 1 aromatic rings. The molecule has 1 saturated heterocycles. The Balaban J connectivity index is 2.33. The maximum Gasteiger partial charge on any atom is 0.136 e. The van der Waals surface area contributed by atoms with Crippen LogP contribution in [0.5, 0.6) is 0 Å². The van der Waals surface area contributed by atoms with Crippen molar-refractivity contribution >= 4 is 23.1 Å². The van der Waals surface area contributed by atoms with Crippen LogP contribution in [0.1, 0.15) is 12.8 Å².